The number of cyclic esters (lactones) is 1. The summed E-state index contributed by atoms with van der Waals surface area (Å²) in [6.07, 6.45) is 3.46. The van der Waals surface area contributed by atoms with Crippen LogP contribution in [0.5, 0.6) is 0 Å². The first kappa shape index (κ1) is 55.9. The van der Waals surface area contributed by atoms with E-state index in [1.807, 2.05) is 19.1 Å². The average molecular weight is 924 g/mol. The van der Waals surface area contributed by atoms with Crippen LogP contribution in [-0.2, 0) is 28.5 Å². The number of aliphatic carboxylic acids is 1. The van der Waals surface area contributed by atoms with Crippen LogP contribution in [0.2, 0.25) is 0 Å². The van der Waals surface area contributed by atoms with Crippen LogP contribution in [0.3, 0.4) is 0 Å². The van der Waals surface area contributed by atoms with Crippen molar-refractivity contribution in [3.63, 3.8) is 0 Å². The normalized spacial score (nSPS) is 45.5. The molecule has 19 atom stereocenters. The van der Waals surface area contributed by atoms with Gasteiger partial charge in [-0.1, -0.05) is 98.9 Å². The largest absolute Gasteiger partial charge is 0.481 e. The Labute approximate surface area is 381 Å². The lowest BCUT2D eigenvalue weighted by Crippen LogP contribution is -2.61. The second-order valence-corrected chi connectivity index (χ2v) is 17.6. The van der Waals surface area contributed by atoms with Crippen molar-refractivity contribution in [3.8, 4) is 0 Å². The summed E-state index contributed by atoms with van der Waals surface area (Å²) < 4.78 is 23.1. The number of ether oxygens (including phenoxy) is 4. The molecule has 4 unspecified atom stereocenters. The highest BCUT2D eigenvalue weighted by Gasteiger charge is 2.51. The van der Waals surface area contributed by atoms with E-state index in [1.165, 1.54) is 13.0 Å². The molecule has 65 heavy (non-hydrogen) atoms. The monoisotopic (exact) mass is 923 g/mol. The molecule has 0 aromatic heterocycles. The number of carboxylic acid groups (broad SMARTS) is 1. The smallest absolute Gasteiger partial charge is 0.311 e. The third-order valence-corrected chi connectivity index (χ3v) is 12.0. The van der Waals surface area contributed by atoms with Crippen molar-refractivity contribution in [2.24, 2.45) is 23.5 Å². The van der Waals surface area contributed by atoms with E-state index >= 15 is 0 Å². The molecule has 18 heteroatoms. The first-order valence-corrected chi connectivity index (χ1v) is 22.3. The standard InChI is InChI=1S/C47H73NO17/c1-27-17-15-13-11-9-7-5-6-8-10-12-14-16-18-34(64-46-44(58)41(48)43(57)30(4)63-46)24-38-40(45(59)60)37(54)26-47(61,65-38)25-33(51)22-36(53)35(52)20-19-31(49)21-32(50)23-39(55)62-29(3)28(2)42(27)56/h5-18,27-38,40-44,46,49-54,56-58,61H,19-26,48H2,1-4H3,(H,59,60)/b6-5+,9-7+,10-8+,13-11+,14-12+,17-15+,18-16+/t27-,28-,29-,30+,31?,32?,33?,34?,35+,36+,37-,38-,40+,41-,42+,43+,44+,46-,47+/m0/s1. The van der Waals surface area contributed by atoms with Crippen molar-refractivity contribution < 1.29 is 84.7 Å². The predicted octanol–water partition coefficient (Wildman–Crippen LogP) is 0.712. The molecule has 0 radical (unpaired) electrons. The van der Waals surface area contributed by atoms with E-state index in [4.69, 9.17) is 24.7 Å². The molecule has 0 aromatic rings. The Hall–Kier alpha value is -3.44. The minimum absolute atomic E-state index is 0.107. The van der Waals surface area contributed by atoms with Crippen LogP contribution in [0.15, 0.2) is 85.1 Å². The SMILES string of the molecule is C[C@@H]1[C@H](O)[C@@H](C)/C=C/C=C/C=C/C=C/C=C/C=C/C=C/C(O[C@@H]2O[C@H](C)[C@@H](O)[C@H](N)[C@H]2O)C[C@@H]2O[C@](O)(CC(O)C[C@@H](O)[C@H](O)CCC(O)CC(O)CC(=O)O[C@H]1C)C[C@H](O)[C@H]2C(=O)O. The highest BCUT2D eigenvalue weighted by Crippen LogP contribution is 2.38. The fourth-order valence-electron chi connectivity index (χ4n) is 7.97. The summed E-state index contributed by atoms with van der Waals surface area (Å²) in [4.78, 5) is 25.1. The van der Waals surface area contributed by atoms with Crippen LogP contribution in [0, 0.1) is 17.8 Å². The van der Waals surface area contributed by atoms with Crippen LogP contribution in [-0.4, -0.2) is 166 Å². The van der Waals surface area contributed by atoms with Gasteiger partial charge >= 0.3 is 11.9 Å². The minimum Gasteiger partial charge on any atom is -0.481 e. The summed E-state index contributed by atoms with van der Waals surface area (Å²) >= 11 is 0. The average Bonchev–Trinajstić information content (AvgIpc) is 3.21. The molecule has 2 fully saturated rings. The number of hydrogen-bond acceptors (Lipinski definition) is 17. The van der Waals surface area contributed by atoms with Gasteiger partial charge in [0.2, 0.25) is 0 Å². The molecule has 0 aliphatic carbocycles. The van der Waals surface area contributed by atoms with Crippen molar-refractivity contribution in [2.45, 2.75) is 177 Å². The van der Waals surface area contributed by atoms with Gasteiger partial charge in [0.15, 0.2) is 12.1 Å². The number of aliphatic hydroxyl groups excluding tert-OH is 9. The summed E-state index contributed by atoms with van der Waals surface area (Å²) in [6.45, 7) is 6.74. The fraction of sp³-hybridized carbons (Fsp3) is 0.660. The molecule has 2 saturated heterocycles. The lowest BCUT2D eigenvalue weighted by Gasteiger charge is -2.45. The molecule has 368 valence electrons. The first-order chi connectivity index (χ1) is 30.6. The number of aliphatic hydroxyl groups is 10. The van der Waals surface area contributed by atoms with Crippen LogP contribution in [0.4, 0.5) is 0 Å². The fourth-order valence-corrected chi connectivity index (χ4v) is 7.97. The highest BCUT2D eigenvalue weighted by atomic mass is 16.7. The van der Waals surface area contributed by atoms with Gasteiger partial charge in [-0.25, -0.2) is 0 Å². The highest BCUT2D eigenvalue weighted by molar-refractivity contribution is 5.71. The van der Waals surface area contributed by atoms with Gasteiger partial charge in [0.05, 0.1) is 79.6 Å². The second-order valence-electron chi connectivity index (χ2n) is 17.6. The van der Waals surface area contributed by atoms with E-state index in [0.717, 1.165) is 0 Å². The number of carbonyl (C=O) groups excluding carboxylic acids is 1. The molecular weight excluding hydrogens is 851 g/mol. The van der Waals surface area contributed by atoms with Gasteiger partial charge in [-0.3, -0.25) is 9.59 Å². The van der Waals surface area contributed by atoms with Crippen molar-refractivity contribution in [3.05, 3.63) is 85.1 Å². The minimum atomic E-state index is -2.33. The Morgan fingerprint density at radius 3 is 1.82 bits per heavy atom. The molecule has 3 heterocycles. The van der Waals surface area contributed by atoms with Gasteiger partial charge in [-0.05, 0) is 33.1 Å². The third-order valence-electron chi connectivity index (χ3n) is 12.0. The van der Waals surface area contributed by atoms with Gasteiger partial charge < -0.3 is 80.9 Å². The molecule has 13 N–H and O–H groups in total. The number of nitrogens with two attached hydrogens (primary N) is 1. The molecule has 0 spiro atoms. The summed E-state index contributed by atoms with van der Waals surface area (Å²) in [5.74, 6) is -6.83. The van der Waals surface area contributed by atoms with Gasteiger partial charge in [0.1, 0.15) is 18.1 Å². The van der Waals surface area contributed by atoms with E-state index in [1.54, 1.807) is 80.7 Å². The Morgan fingerprint density at radius 1 is 0.662 bits per heavy atom. The van der Waals surface area contributed by atoms with Gasteiger partial charge in [-0.2, -0.15) is 0 Å². The Balaban J connectivity index is 1.86. The predicted molar refractivity (Wildman–Crippen MR) is 237 cm³/mol. The van der Waals surface area contributed by atoms with Gasteiger partial charge in [0.25, 0.3) is 0 Å². The van der Waals surface area contributed by atoms with E-state index in [2.05, 4.69) is 0 Å². The third kappa shape index (κ3) is 18.6. The maximum absolute atomic E-state index is 12.6. The number of fused-ring (bicyclic) bond motifs is 2. The van der Waals surface area contributed by atoms with Crippen LogP contribution in [0.25, 0.3) is 0 Å². The van der Waals surface area contributed by atoms with E-state index < -0.39 is 147 Å². The van der Waals surface area contributed by atoms with Gasteiger partial charge in [-0.15, -0.1) is 0 Å². The van der Waals surface area contributed by atoms with Crippen LogP contribution in [0.1, 0.15) is 79.1 Å². The number of carbonyl (C=O) groups is 2. The van der Waals surface area contributed by atoms with E-state index in [-0.39, 0.29) is 31.6 Å². The second kappa shape index (κ2) is 27.4. The first-order valence-electron chi connectivity index (χ1n) is 22.3. The molecule has 3 aliphatic rings. The molecule has 3 aliphatic heterocycles. The summed E-state index contributed by atoms with van der Waals surface area (Å²) in [5.41, 5.74) is 6.02. The lowest BCUT2D eigenvalue weighted by atomic mass is 9.82. The number of rotatable bonds is 3. The van der Waals surface area contributed by atoms with E-state index in [9.17, 15) is 65.8 Å². The quantitative estimate of drug-likeness (QED) is 0.174. The Kier molecular flexibility index (Phi) is 23.6. The lowest BCUT2D eigenvalue weighted by molar-refractivity contribution is -0.308. The molecule has 0 saturated carbocycles. The maximum Gasteiger partial charge on any atom is 0.311 e. The zero-order chi connectivity index (χ0) is 48.4. The number of allylic oxidation sites excluding steroid dienone is 12. The number of esters is 1. The van der Waals surface area contributed by atoms with Crippen LogP contribution >= 0.6 is 0 Å². The molecule has 2 bridgehead atoms. The van der Waals surface area contributed by atoms with Crippen molar-refractivity contribution >= 4 is 11.9 Å². The topological polar surface area (TPSA) is 320 Å². The Morgan fingerprint density at radius 2 is 1.23 bits per heavy atom. The summed E-state index contributed by atoms with van der Waals surface area (Å²) in [5, 5.41) is 118. The van der Waals surface area contributed by atoms with Crippen molar-refractivity contribution in [2.75, 3.05) is 0 Å². The molecule has 18 nitrogen and oxygen atoms in total. The molecule has 3 rings (SSSR count). The molecule has 0 aromatic carbocycles. The van der Waals surface area contributed by atoms with Crippen LogP contribution < -0.4 is 5.73 Å². The summed E-state index contributed by atoms with van der Waals surface area (Å²) in [7, 11) is 0. The van der Waals surface area contributed by atoms with Gasteiger partial charge in [0, 0.05) is 37.5 Å². The molecule has 0 amide bonds. The number of carboxylic acids is 1. The zero-order valence-electron chi connectivity index (χ0n) is 37.6. The van der Waals surface area contributed by atoms with Crippen molar-refractivity contribution in [1.82, 2.24) is 0 Å². The van der Waals surface area contributed by atoms with Crippen molar-refractivity contribution in [1.29, 1.82) is 0 Å². The Bertz CT molecular complexity index is 1670. The zero-order valence-corrected chi connectivity index (χ0v) is 37.6. The maximum atomic E-state index is 12.6. The number of hydrogen-bond donors (Lipinski definition) is 12. The molecular formula is C47H73NO17. The van der Waals surface area contributed by atoms with E-state index in [0.29, 0.717) is 0 Å². The summed E-state index contributed by atoms with van der Waals surface area (Å²) in [6, 6.07) is -1.15.